The zero-order valence-electron chi connectivity index (χ0n) is 11.4. The molecule has 1 heterocycles. The molecule has 1 aliphatic rings. The summed E-state index contributed by atoms with van der Waals surface area (Å²) in [6, 6.07) is 14.4. The van der Waals surface area contributed by atoms with Crippen LogP contribution < -0.4 is 4.90 Å². The molecule has 0 unspecified atom stereocenters. The van der Waals surface area contributed by atoms with Crippen molar-refractivity contribution in [3.05, 3.63) is 58.1 Å². The van der Waals surface area contributed by atoms with Gasteiger partial charge in [0, 0.05) is 22.3 Å². The number of aryl methyl sites for hydroxylation is 1. The van der Waals surface area contributed by atoms with Crippen LogP contribution in [-0.4, -0.2) is 12.3 Å². The summed E-state index contributed by atoms with van der Waals surface area (Å²) >= 11 is 3.45. The van der Waals surface area contributed by atoms with Crippen LogP contribution >= 0.6 is 15.9 Å². The fourth-order valence-electron chi connectivity index (χ4n) is 2.81. The number of carbonyl (C=O) groups excluding carboxylic acids is 1. The number of nitrogens with zero attached hydrogens (tertiary/aromatic N) is 1. The lowest BCUT2D eigenvalue weighted by Crippen LogP contribution is -2.25. The van der Waals surface area contributed by atoms with Crippen LogP contribution in [0.15, 0.2) is 46.9 Å². The molecule has 2 aromatic carbocycles. The summed E-state index contributed by atoms with van der Waals surface area (Å²) in [5.41, 5.74) is 4.36. The second kappa shape index (κ2) is 5.41. The maximum atomic E-state index is 11.9. The number of Topliss-reactive ketones (excluding diaryl/α,β-unsaturated/α-hetero) is 1. The van der Waals surface area contributed by atoms with E-state index in [4.69, 9.17) is 0 Å². The van der Waals surface area contributed by atoms with E-state index in [1.54, 1.807) is 6.92 Å². The standard InChI is InChI=1S/C17H16BrNO/c1-12(20)15-11-14(18)8-9-17(15)19-10-4-6-13-5-2-3-7-16(13)19/h2-3,5,7-9,11H,4,6,10H2,1H3. The number of anilines is 2. The predicted octanol–water partition coefficient (Wildman–Crippen LogP) is 4.74. The van der Waals surface area contributed by atoms with Crippen LogP contribution in [0.5, 0.6) is 0 Å². The van der Waals surface area contributed by atoms with Gasteiger partial charge in [0.1, 0.15) is 0 Å². The number of hydrogen-bond acceptors (Lipinski definition) is 2. The molecule has 0 aromatic heterocycles. The molecule has 3 rings (SSSR count). The Bertz CT molecular complexity index is 666. The largest absolute Gasteiger partial charge is 0.341 e. The minimum atomic E-state index is 0.101. The number of rotatable bonds is 2. The van der Waals surface area contributed by atoms with Gasteiger partial charge in [-0.1, -0.05) is 34.1 Å². The number of fused-ring (bicyclic) bond motifs is 1. The first-order valence-corrected chi connectivity index (χ1v) is 7.62. The highest BCUT2D eigenvalue weighted by atomic mass is 79.9. The summed E-state index contributed by atoms with van der Waals surface area (Å²) in [5.74, 6) is 0.101. The van der Waals surface area contributed by atoms with E-state index in [1.165, 1.54) is 11.3 Å². The number of halogens is 1. The zero-order chi connectivity index (χ0) is 14.1. The van der Waals surface area contributed by atoms with Gasteiger partial charge in [0.05, 0.1) is 5.69 Å². The van der Waals surface area contributed by atoms with Crippen molar-refractivity contribution in [3.8, 4) is 0 Å². The van der Waals surface area contributed by atoms with Gasteiger partial charge in [0.2, 0.25) is 0 Å². The summed E-state index contributed by atoms with van der Waals surface area (Å²) in [6.07, 6.45) is 2.23. The first-order chi connectivity index (χ1) is 9.66. The van der Waals surface area contributed by atoms with Crippen LogP contribution in [-0.2, 0) is 6.42 Å². The van der Waals surface area contributed by atoms with Gasteiger partial charge < -0.3 is 4.90 Å². The van der Waals surface area contributed by atoms with Gasteiger partial charge in [0.15, 0.2) is 5.78 Å². The van der Waals surface area contributed by atoms with E-state index in [0.29, 0.717) is 0 Å². The Morgan fingerprint density at radius 3 is 2.75 bits per heavy atom. The molecule has 0 radical (unpaired) electrons. The Morgan fingerprint density at radius 1 is 1.15 bits per heavy atom. The Hall–Kier alpha value is -1.61. The molecule has 102 valence electrons. The normalized spacial score (nSPS) is 14.0. The molecular weight excluding hydrogens is 314 g/mol. The quantitative estimate of drug-likeness (QED) is 0.742. The topological polar surface area (TPSA) is 20.3 Å². The molecule has 0 atom stereocenters. The van der Waals surface area contributed by atoms with Crippen LogP contribution in [0.2, 0.25) is 0 Å². The third kappa shape index (κ3) is 2.38. The van der Waals surface area contributed by atoms with Crippen molar-refractivity contribution in [1.29, 1.82) is 0 Å². The lowest BCUT2D eigenvalue weighted by Gasteiger charge is -2.32. The average molecular weight is 330 g/mol. The molecule has 0 fully saturated rings. The van der Waals surface area contributed by atoms with Crippen molar-refractivity contribution in [1.82, 2.24) is 0 Å². The zero-order valence-corrected chi connectivity index (χ0v) is 13.0. The summed E-state index contributed by atoms with van der Waals surface area (Å²) in [4.78, 5) is 14.2. The monoisotopic (exact) mass is 329 g/mol. The number of hydrogen-bond donors (Lipinski definition) is 0. The first-order valence-electron chi connectivity index (χ1n) is 6.83. The van der Waals surface area contributed by atoms with Crippen molar-refractivity contribution in [3.63, 3.8) is 0 Å². The smallest absolute Gasteiger partial charge is 0.161 e. The van der Waals surface area contributed by atoms with Crippen LogP contribution in [0.3, 0.4) is 0 Å². The van der Waals surface area contributed by atoms with E-state index < -0.39 is 0 Å². The number of carbonyl (C=O) groups is 1. The van der Waals surface area contributed by atoms with Crippen molar-refractivity contribution in [2.24, 2.45) is 0 Å². The van der Waals surface area contributed by atoms with E-state index >= 15 is 0 Å². The number of ketones is 1. The van der Waals surface area contributed by atoms with Gasteiger partial charge in [-0.15, -0.1) is 0 Å². The van der Waals surface area contributed by atoms with Crippen molar-refractivity contribution in [2.45, 2.75) is 19.8 Å². The van der Waals surface area contributed by atoms with E-state index in [2.05, 4.69) is 45.1 Å². The van der Waals surface area contributed by atoms with Gasteiger partial charge >= 0.3 is 0 Å². The van der Waals surface area contributed by atoms with Crippen molar-refractivity contribution < 1.29 is 4.79 Å². The summed E-state index contributed by atoms with van der Waals surface area (Å²) < 4.78 is 0.941. The second-order valence-electron chi connectivity index (χ2n) is 5.10. The van der Waals surface area contributed by atoms with Crippen LogP contribution in [0.4, 0.5) is 11.4 Å². The molecule has 0 saturated carbocycles. The maximum absolute atomic E-state index is 11.9. The lowest BCUT2D eigenvalue weighted by molar-refractivity contribution is 0.101. The average Bonchev–Trinajstić information content (AvgIpc) is 2.46. The molecule has 0 bridgehead atoms. The Morgan fingerprint density at radius 2 is 1.95 bits per heavy atom. The highest BCUT2D eigenvalue weighted by Gasteiger charge is 2.21. The first kappa shape index (κ1) is 13.4. The third-order valence-electron chi connectivity index (χ3n) is 3.74. The van der Waals surface area contributed by atoms with Gasteiger partial charge in [0.25, 0.3) is 0 Å². The number of para-hydroxylation sites is 1. The summed E-state index contributed by atoms with van der Waals surface area (Å²) in [6.45, 7) is 2.58. The lowest BCUT2D eigenvalue weighted by atomic mass is 9.99. The molecule has 0 spiro atoms. The molecule has 20 heavy (non-hydrogen) atoms. The molecule has 0 saturated heterocycles. The second-order valence-corrected chi connectivity index (χ2v) is 6.02. The van der Waals surface area contributed by atoms with E-state index in [0.717, 1.165) is 35.1 Å². The highest BCUT2D eigenvalue weighted by molar-refractivity contribution is 9.10. The fraction of sp³-hybridized carbons (Fsp3) is 0.235. The Labute approximate surface area is 127 Å². The number of benzene rings is 2. The SMILES string of the molecule is CC(=O)c1cc(Br)ccc1N1CCCc2ccccc21. The highest BCUT2D eigenvalue weighted by Crippen LogP contribution is 2.36. The molecule has 0 amide bonds. The molecule has 0 aliphatic carbocycles. The van der Waals surface area contributed by atoms with Crippen LogP contribution in [0.1, 0.15) is 29.3 Å². The maximum Gasteiger partial charge on any atom is 0.161 e. The van der Waals surface area contributed by atoms with E-state index in [-0.39, 0.29) is 5.78 Å². The molecule has 2 aromatic rings. The Balaban J connectivity index is 2.13. The summed E-state index contributed by atoms with van der Waals surface area (Å²) in [7, 11) is 0. The van der Waals surface area contributed by atoms with E-state index in [9.17, 15) is 4.79 Å². The van der Waals surface area contributed by atoms with Gasteiger partial charge in [-0.05, 0) is 49.6 Å². The molecule has 0 N–H and O–H groups in total. The van der Waals surface area contributed by atoms with Gasteiger partial charge in [-0.3, -0.25) is 4.79 Å². The minimum Gasteiger partial charge on any atom is -0.341 e. The van der Waals surface area contributed by atoms with Gasteiger partial charge in [-0.2, -0.15) is 0 Å². The molecule has 3 heteroatoms. The minimum absolute atomic E-state index is 0.101. The third-order valence-corrected chi connectivity index (χ3v) is 4.23. The summed E-state index contributed by atoms with van der Waals surface area (Å²) in [5, 5.41) is 0. The van der Waals surface area contributed by atoms with E-state index in [1.807, 2.05) is 18.2 Å². The Kier molecular flexibility index (Phi) is 3.62. The van der Waals surface area contributed by atoms with Gasteiger partial charge in [-0.25, -0.2) is 0 Å². The predicted molar refractivity (Wildman–Crippen MR) is 85.9 cm³/mol. The van der Waals surface area contributed by atoms with Crippen molar-refractivity contribution in [2.75, 3.05) is 11.4 Å². The molecule has 1 aliphatic heterocycles. The molecule has 2 nitrogen and oxygen atoms in total. The van der Waals surface area contributed by atoms with Crippen LogP contribution in [0.25, 0.3) is 0 Å². The molecular formula is C17H16BrNO. The van der Waals surface area contributed by atoms with Crippen LogP contribution in [0, 0.1) is 0 Å². The van der Waals surface area contributed by atoms with Crippen molar-refractivity contribution >= 4 is 33.1 Å². The fourth-order valence-corrected chi connectivity index (χ4v) is 3.17.